The molecule has 2 aromatic carbocycles. The normalized spacial score (nSPS) is 18.8. The number of carbonyl (C=O) groups excluding carboxylic acids is 1. The second-order valence-electron chi connectivity index (χ2n) is 9.35. The third-order valence-corrected chi connectivity index (χ3v) is 8.35. The zero-order valence-corrected chi connectivity index (χ0v) is 20.2. The lowest BCUT2D eigenvalue weighted by molar-refractivity contribution is 0.0946. The van der Waals surface area contributed by atoms with Crippen molar-refractivity contribution in [2.45, 2.75) is 31.2 Å². The van der Waals surface area contributed by atoms with E-state index >= 15 is 0 Å². The van der Waals surface area contributed by atoms with Gasteiger partial charge in [-0.05, 0) is 60.1 Å². The molecule has 4 aromatic rings. The van der Waals surface area contributed by atoms with Crippen molar-refractivity contribution in [1.82, 2.24) is 20.1 Å². The highest BCUT2D eigenvalue weighted by atomic mass is 32.2. The number of sulfone groups is 1. The number of aromatic nitrogens is 3. The molecule has 1 aliphatic carbocycles. The van der Waals surface area contributed by atoms with Crippen molar-refractivity contribution < 1.29 is 13.2 Å². The zero-order valence-electron chi connectivity index (χ0n) is 19.3. The first-order valence-corrected chi connectivity index (χ1v) is 13.6. The monoisotopic (exact) mass is 500 g/mol. The van der Waals surface area contributed by atoms with Gasteiger partial charge in [0.1, 0.15) is 5.56 Å². The van der Waals surface area contributed by atoms with Gasteiger partial charge < -0.3 is 10.3 Å². The standard InChI is InChI=1S/C27H24N4O4S/c32-26(28-19-12-14-36(34,35)16-19)22-15-18-9-10-21(17-5-4-6-17)24(25(18)29-27(22)33)23-11-13-31(30-23)20-7-2-1-3-8-20/h1-3,7-15,17,19H,4-6,16H2,(H,28,32)(H,29,33)/t19-/m1/s1. The first-order valence-electron chi connectivity index (χ1n) is 11.9. The molecule has 6 rings (SSSR count). The Morgan fingerprint density at radius 3 is 2.58 bits per heavy atom. The summed E-state index contributed by atoms with van der Waals surface area (Å²) in [6, 6.07) is 16.7. The van der Waals surface area contributed by atoms with E-state index in [9.17, 15) is 18.0 Å². The summed E-state index contributed by atoms with van der Waals surface area (Å²) in [5.74, 6) is -0.417. The number of fused-ring (bicyclic) bond motifs is 1. The fraction of sp³-hybridized carbons (Fsp3) is 0.222. The molecule has 0 bridgehead atoms. The molecule has 1 aliphatic heterocycles. The molecule has 1 atom stereocenters. The Kier molecular flexibility index (Phi) is 5.37. The largest absolute Gasteiger partial charge is 0.345 e. The molecular weight excluding hydrogens is 476 g/mol. The van der Waals surface area contributed by atoms with E-state index in [2.05, 4.69) is 16.4 Å². The van der Waals surface area contributed by atoms with Gasteiger partial charge in [0.25, 0.3) is 11.5 Å². The summed E-state index contributed by atoms with van der Waals surface area (Å²) >= 11 is 0. The lowest BCUT2D eigenvalue weighted by atomic mass is 9.77. The molecule has 2 aliphatic rings. The van der Waals surface area contributed by atoms with E-state index in [1.54, 1.807) is 6.07 Å². The SMILES string of the molecule is O=C(N[C@@H]1C=CS(=O)(=O)C1)c1cc2ccc(C3CCC3)c(-c3ccn(-c4ccccc4)n3)c2[nH]c1=O. The van der Waals surface area contributed by atoms with Gasteiger partial charge in [-0.15, -0.1) is 0 Å². The number of aromatic amines is 1. The topological polar surface area (TPSA) is 114 Å². The van der Waals surface area contributed by atoms with E-state index in [1.165, 1.54) is 12.5 Å². The van der Waals surface area contributed by atoms with Crippen LogP contribution in [-0.4, -0.2) is 40.9 Å². The van der Waals surface area contributed by atoms with Crippen LogP contribution in [0.1, 0.15) is 41.1 Å². The number of amides is 1. The van der Waals surface area contributed by atoms with Crippen molar-refractivity contribution in [2.75, 3.05) is 5.75 Å². The first kappa shape index (κ1) is 22.5. The third kappa shape index (κ3) is 4.05. The average molecular weight is 501 g/mol. The Labute approximate surface area is 207 Å². The molecule has 9 heteroatoms. The fourth-order valence-corrected chi connectivity index (χ4v) is 6.12. The highest BCUT2D eigenvalue weighted by molar-refractivity contribution is 7.94. The minimum Gasteiger partial charge on any atom is -0.345 e. The van der Waals surface area contributed by atoms with Crippen LogP contribution >= 0.6 is 0 Å². The Morgan fingerprint density at radius 1 is 1.08 bits per heavy atom. The minimum atomic E-state index is -3.32. The van der Waals surface area contributed by atoms with Crippen molar-refractivity contribution in [3.63, 3.8) is 0 Å². The van der Waals surface area contributed by atoms with E-state index < -0.39 is 27.3 Å². The number of nitrogens with one attached hydrogen (secondary N) is 2. The van der Waals surface area contributed by atoms with Gasteiger partial charge in [0.2, 0.25) is 0 Å². The minimum absolute atomic E-state index is 0.0580. The summed E-state index contributed by atoms with van der Waals surface area (Å²) in [5, 5.41) is 9.25. The van der Waals surface area contributed by atoms with Gasteiger partial charge in [-0.3, -0.25) is 9.59 Å². The summed E-state index contributed by atoms with van der Waals surface area (Å²) in [4.78, 5) is 28.9. The van der Waals surface area contributed by atoms with Gasteiger partial charge in [-0.2, -0.15) is 5.10 Å². The van der Waals surface area contributed by atoms with Crippen molar-refractivity contribution in [3.05, 3.63) is 93.8 Å². The molecule has 2 aromatic heterocycles. The number of hydrogen-bond acceptors (Lipinski definition) is 5. The van der Waals surface area contributed by atoms with Crippen LogP contribution in [0.3, 0.4) is 0 Å². The van der Waals surface area contributed by atoms with Gasteiger partial charge in [-0.1, -0.05) is 36.8 Å². The first-order chi connectivity index (χ1) is 17.4. The van der Waals surface area contributed by atoms with Crippen molar-refractivity contribution in [2.24, 2.45) is 0 Å². The van der Waals surface area contributed by atoms with Crippen LogP contribution in [0.25, 0.3) is 27.8 Å². The van der Waals surface area contributed by atoms with Gasteiger partial charge in [0.15, 0.2) is 9.84 Å². The molecule has 0 radical (unpaired) electrons. The molecule has 0 spiro atoms. The Hall–Kier alpha value is -3.98. The predicted molar refractivity (Wildman–Crippen MR) is 138 cm³/mol. The van der Waals surface area contributed by atoms with Crippen molar-refractivity contribution >= 4 is 26.6 Å². The molecule has 3 heterocycles. The van der Waals surface area contributed by atoms with Crippen LogP contribution < -0.4 is 10.9 Å². The maximum absolute atomic E-state index is 13.1. The van der Waals surface area contributed by atoms with Gasteiger partial charge in [0, 0.05) is 17.2 Å². The molecule has 8 nitrogen and oxygen atoms in total. The highest BCUT2D eigenvalue weighted by Gasteiger charge is 2.27. The Morgan fingerprint density at radius 2 is 1.89 bits per heavy atom. The van der Waals surface area contributed by atoms with Crippen LogP contribution in [0.4, 0.5) is 0 Å². The molecule has 36 heavy (non-hydrogen) atoms. The van der Waals surface area contributed by atoms with Crippen LogP contribution in [-0.2, 0) is 9.84 Å². The number of pyridine rings is 1. The number of H-pyrrole nitrogens is 1. The molecule has 1 fully saturated rings. The average Bonchev–Trinajstić information content (AvgIpc) is 3.44. The fourth-order valence-electron chi connectivity index (χ4n) is 4.89. The second-order valence-corrected chi connectivity index (χ2v) is 11.3. The quantitative estimate of drug-likeness (QED) is 0.434. The molecule has 0 saturated heterocycles. The van der Waals surface area contributed by atoms with E-state index in [0.717, 1.165) is 40.8 Å². The zero-order chi connectivity index (χ0) is 24.9. The van der Waals surface area contributed by atoms with E-state index in [1.807, 2.05) is 53.3 Å². The lowest BCUT2D eigenvalue weighted by Gasteiger charge is -2.28. The van der Waals surface area contributed by atoms with Crippen molar-refractivity contribution in [1.29, 1.82) is 0 Å². The number of hydrogen-bond donors (Lipinski definition) is 2. The number of rotatable bonds is 5. The van der Waals surface area contributed by atoms with Crippen LogP contribution in [0.5, 0.6) is 0 Å². The van der Waals surface area contributed by atoms with Crippen LogP contribution in [0.15, 0.2) is 77.1 Å². The second kappa shape index (κ2) is 8.60. The summed E-state index contributed by atoms with van der Waals surface area (Å²) in [5.41, 5.74) is 3.76. The Balaban J connectivity index is 1.43. The number of para-hydroxylation sites is 1. The molecule has 0 unspecified atom stereocenters. The van der Waals surface area contributed by atoms with Gasteiger partial charge in [-0.25, -0.2) is 13.1 Å². The Bertz CT molecular complexity index is 1680. The highest BCUT2D eigenvalue weighted by Crippen LogP contribution is 2.43. The number of carbonyl (C=O) groups is 1. The molecule has 1 amide bonds. The number of nitrogens with zero attached hydrogens (tertiary/aromatic N) is 2. The van der Waals surface area contributed by atoms with E-state index in [0.29, 0.717) is 16.8 Å². The predicted octanol–water partition coefficient (Wildman–Crippen LogP) is 3.69. The molecular formula is C27H24N4O4S. The van der Waals surface area contributed by atoms with E-state index in [4.69, 9.17) is 5.10 Å². The van der Waals surface area contributed by atoms with Crippen LogP contribution in [0.2, 0.25) is 0 Å². The molecule has 1 saturated carbocycles. The van der Waals surface area contributed by atoms with Gasteiger partial charge >= 0.3 is 0 Å². The number of benzene rings is 2. The summed E-state index contributed by atoms with van der Waals surface area (Å²) in [6.07, 6.45) is 6.66. The summed E-state index contributed by atoms with van der Waals surface area (Å²) in [7, 11) is -3.32. The maximum Gasteiger partial charge on any atom is 0.261 e. The summed E-state index contributed by atoms with van der Waals surface area (Å²) < 4.78 is 25.1. The van der Waals surface area contributed by atoms with Crippen molar-refractivity contribution in [3.8, 4) is 16.9 Å². The molecule has 2 N–H and O–H groups in total. The third-order valence-electron chi connectivity index (χ3n) is 6.95. The molecule has 182 valence electrons. The van der Waals surface area contributed by atoms with E-state index in [-0.39, 0.29) is 11.3 Å². The summed E-state index contributed by atoms with van der Waals surface area (Å²) in [6.45, 7) is 0. The maximum atomic E-state index is 13.1. The van der Waals surface area contributed by atoms with Gasteiger partial charge in [0.05, 0.1) is 28.7 Å². The smallest absolute Gasteiger partial charge is 0.261 e. The lowest BCUT2D eigenvalue weighted by Crippen LogP contribution is -2.38. The van der Waals surface area contributed by atoms with Crippen LogP contribution in [0, 0.1) is 0 Å².